The van der Waals surface area contributed by atoms with Gasteiger partial charge < -0.3 is 25.1 Å². The van der Waals surface area contributed by atoms with E-state index in [1.807, 2.05) is 31.2 Å². The molecule has 0 radical (unpaired) electrons. The molecule has 1 aliphatic heterocycles. The molecule has 3 aromatic rings. The molecule has 0 spiro atoms. The van der Waals surface area contributed by atoms with E-state index >= 15 is 0 Å². The second-order valence-electron chi connectivity index (χ2n) is 7.71. The highest BCUT2D eigenvalue weighted by Gasteiger charge is 2.27. The summed E-state index contributed by atoms with van der Waals surface area (Å²) < 4.78 is 5.89. The molecule has 1 aliphatic rings. The van der Waals surface area contributed by atoms with Gasteiger partial charge in [-0.2, -0.15) is 0 Å². The lowest BCUT2D eigenvalue weighted by atomic mass is 10.1. The molecule has 2 atom stereocenters. The topological polar surface area (TPSA) is 108 Å². The van der Waals surface area contributed by atoms with E-state index in [4.69, 9.17) is 4.42 Å². The van der Waals surface area contributed by atoms with Crippen LogP contribution in [0.2, 0.25) is 0 Å². The van der Waals surface area contributed by atoms with Gasteiger partial charge in [0.15, 0.2) is 11.9 Å². The third-order valence-electron chi connectivity index (χ3n) is 5.39. The van der Waals surface area contributed by atoms with Gasteiger partial charge in [-0.1, -0.05) is 18.2 Å². The third-order valence-corrected chi connectivity index (χ3v) is 5.39. The lowest BCUT2D eigenvalue weighted by molar-refractivity contribution is -0.125. The Morgan fingerprint density at radius 1 is 1.35 bits per heavy atom. The molecular formula is C23H24N4O4. The Morgan fingerprint density at radius 3 is 2.90 bits per heavy atom. The van der Waals surface area contributed by atoms with Crippen molar-refractivity contribution in [1.82, 2.24) is 9.88 Å². The number of aliphatic hydroxyl groups is 1. The van der Waals surface area contributed by atoms with Gasteiger partial charge in [-0.05, 0) is 37.6 Å². The fourth-order valence-electron chi connectivity index (χ4n) is 3.49. The average Bonchev–Trinajstić information content (AvgIpc) is 3.02. The summed E-state index contributed by atoms with van der Waals surface area (Å²) in [7, 11) is 1.72. The molecule has 0 fully saturated rings. The maximum atomic E-state index is 12.6. The largest absolute Gasteiger partial charge is 0.459 e. The van der Waals surface area contributed by atoms with Crippen LogP contribution < -0.4 is 10.6 Å². The molecular weight excluding hydrogens is 396 g/mol. The quantitative estimate of drug-likeness (QED) is 0.560. The van der Waals surface area contributed by atoms with Crippen LogP contribution in [-0.4, -0.2) is 46.0 Å². The van der Waals surface area contributed by atoms with Crippen molar-refractivity contribution in [1.29, 1.82) is 0 Å². The Bertz CT molecular complexity index is 1180. The van der Waals surface area contributed by atoms with Crippen molar-refractivity contribution in [2.45, 2.75) is 32.5 Å². The summed E-state index contributed by atoms with van der Waals surface area (Å²) in [5.41, 5.74) is 3.10. The van der Waals surface area contributed by atoms with Crippen LogP contribution >= 0.6 is 0 Å². The number of likely N-dealkylation sites (N-methyl/N-ethyl adjacent to an activating group) is 1. The number of anilines is 2. The van der Waals surface area contributed by atoms with E-state index in [1.165, 1.54) is 6.08 Å². The highest BCUT2D eigenvalue weighted by atomic mass is 16.3. The lowest BCUT2D eigenvalue weighted by Gasteiger charge is -2.15. The van der Waals surface area contributed by atoms with E-state index in [9.17, 15) is 14.7 Å². The van der Waals surface area contributed by atoms with Crippen LogP contribution in [0.5, 0.6) is 0 Å². The molecule has 3 heterocycles. The first-order chi connectivity index (χ1) is 14.8. The number of aromatic nitrogens is 1. The van der Waals surface area contributed by atoms with Crippen molar-refractivity contribution < 1.29 is 19.1 Å². The molecule has 2 aromatic heterocycles. The SMILES string of the molecule is Cc1c(CN(C)C(=O)/C=C/c2cnc3c(c2)N[C@H](C)[C@H](O)C(=O)N3)oc2ccccc12. The number of fused-ring (bicyclic) bond motifs is 2. The van der Waals surface area contributed by atoms with E-state index in [0.29, 0.717) is 23.6 Å². The van der Waals surface area contributed by atoms with Crippen LogP contribution in [0.25, 0.3) is 17.0 Å². The van der Waals surface area contributed by atoms with E-state index in [2.05, 4.69) is 15.6 Å². The zero-order valence-corrected chi connectivity index (χ0v) is 17.5. The monoisotopic (exact) mass is 420 g/mol. The van der Waals surface area contributed by atoms with Crippen LogP contribution in [0.3, 0.4) is 0 Å². The molecule has 0 saturated heterocycles. The molecule has 1 aromatic carbocycles. The highest BCUT2D eigenvalue weighted by Crippen LogP contribution is 2.27. The fourth-order valence-corrected chi connectivity index (χ4v) is 3.49. The molecule has 31 heavy (non-hydrogen) atoms. The normalized spacial score (nSPS) is 18.4. The summed E-state index contributed by atoms with van der Waals surface area (Å²) in [6.07, 6.45) is 3.50. The van der Waals surface area contributed by atoms with Crippen molar-refractivity contribution in [3.8, 4) is 0 Å². The second kappa shape index (κ2) is 8.23. The van der Waals surface area contributed by atoms with E-state index < -0.39 is 18.1 Å². The number of aryl methyl sites for hydroxylation is 1. The summed E-state index contributed by atoms with van der Waals surface area (Å²) in [6, 6.07) is 9.09. The molecule has 2 amide bonds. The maximum absolute atomic E-state index is 12.6. The number of amides is 2. The Morgan fingerprint density at radius 2 is 2.13 bits per heavy atom. The highest BCUT2D eigenvalue weighted by molar-refractivity contribution is 5.98. The number of pyridine rings is 1. The van der Waals surface area contributed by atoms with Crippen molar-refractivity contribution >= 4 is 40.4 Å². The molecule has 8 heteroatoms. The van der Waals surface area contributed by atoms with E-state index in [-0.39, 0.29) is 5.91 Å². The van der Waals surface area contributed by atoms with Crippen molar-refractivity contribution in [3.05, 3.63) is 59.5 Å². The summed E-state index contributed by atoms with van der Waals surface area (Å²) in [4.78, 5) is 30.3. The molecule has 0 aliphatic carbocycles. The molecule has 4 rings (SSSR count). The minimum atomic E-state index is -1.18. The second-order valence-corrected chi connectivity index (χ2v) is 7.71. The smallest absolute Gasteiger partial charge is 0.256 e. The number of benzene rings is 1. The molecule has 0 bridgehead atoms. The number of nitrogens with zero attached hydrogens (tertiary/aromatic N) is 2. The lowest BCUT2D eigenvalue weighted by Crippen LogP contribution is -2.38. The Balaban J connectivity index is 1.47. The standard InChI is InChI=1S/C23H24N4O4/c1-13-16-6-4-5-7-18(16)31-19(13)12-27(3)20(28)9-8-15-10-17-22(24-11-15)26-23(30)21(29)14(2)25-17/h4-11,14,21,25,29H,12H2,1-3H3,(H,24,26,30)/b9-8+/t14-,21+/m1/s1. The number of carbonyl (C=O) groups is 2. The van der Waals surface area contributed by atoms with Gasteiger partial charge in [-0.15, -0.1) is 0 Å². The van der Waals surface area contributed by atoms with Crippen LogP contribution in [0, 0.1) is 6.92 Å². The minimum absolute atomic E-state index is 0.181. The Hall–Kier alpha value is -3.65. The van der Waals surface area contributed by atoms with Gasteiger partial charge >= 0.3 is 0 Å². The maximum Gasteiger partial charge on any atom is 0.256 e. The van der Waals surface area contributed by atoms with Gasteiger partial charge in [0, 0.05) is 30.3 Å². The summed E-state index contributed by atoms with van der Waals surface area (Å²) in [5.74, 6) is 0.408. The fraction of sp³-hybridized carbons (Fsp3) is 0.261. The molecule has 0 saturated carbocycles. The van der Waals surface area contributed by atoms with E-state index in [0.717, 1.165) is 22.3 Å². The number of hydrogen-bond acceptors (Lipinski definition) is 6. The molecule has 8 nitrogen and oxygen atoms in total. The third kappa shape index (κ3) is 4.15. The first kappa shape index (κ1) is 20.6. The predicted molar refractivity (Wildman–Crippen MR) is 118 cm³/mol. The van der Waals surface area contributed by atoms with Gasteiger partial charge in [0.05, 0.1) is 18.3 Å². The zero-order valence-electron chi connectivity index (χ0n) is 17.5. The number of nitrogens with one attached hydrogen (secondary N) is 2. The van der Waals surface area contributed by atoms with Crippen LogP contribution in [0.15, 0.2) is 47.0 Å². The summed E-state index contributed by atoms with van der Waals surface area (Å²) in [6.45, 7) is 4.05. The van der Waals surface area contributed by atoms with Crippen LogP contribution in [0.4, 0.5) is 11.5 Å². The first-order valence-corrected chi connectivity index (χ1v) is 9.99. The van der Waals surface area contributed by atoms with Crippen molar-refractivity contribution in [2.24, 2.45) is 0 Å². The van der Waals surface area contributed by atoms with Gasteiger partial charge in [0.1, 0.15) is 11.3 Å². The van der Waals surface area contributed by atoms with E-state index in [1.54, 1.807) is 37.2 Å². The van der Waals surface area contributed by atoms with Gasteiger partial charge in [-0.25, -0.2) is 4.98 Å². The summed E-state index contributed by atoms with van der Waals surface area (Å²) in [5, 5.41) is 16.6. The number of furan rings is 1. The molecule has 160 valence electrons. The number of hydrogen-bond donors (Lipinski definition) is 3. The molecule has 0 unspecified atom stereocenters. The number of para-hydroxylation sites is 1. The summed E-state index contributed by atoms with van der Waals surface area (Å²) >= 11 is 0. The minimum Gasteiger partial charge on any atom is -0.459 e. The number of carbonyl (C=O) groups excluding carboxylic acids is 2. The van der Waals surface area contributed by atoms with Crippen molar-refractivity contribution in [3.63, 3.8) is 0 Å². The number of aliphatic hydroxyl groups excluding tert-OH is 1. The van der Waals surface area contributed by atoms with Crippen LogP contribution in [0.1, 0.15) is 23.8 Å². The van der Waals surface area contributed by atoms with Gasteiger partial charge in [-0.3, -0.25) is 9.59 Å². The van der Waals surface area contributed by atoms with Gasteiger partial charge in [0.2, 0.25) is 5.91 Å². The first-order valence-electron chi connectivity index (χ1n) is 9.99. The average molecular weight is 420 g/mol. The molecule has 3 N–H and O–H groups in total. The predicted octanol–water partition coefficient (Wildman–Crippen LogP) is 2.92. The van der Waals surface area contributed by atoms with Crippen LogP contribution in [-0.2, 0) is 16.1 Å². The van der Waals surface area contributed by atoms with Crippen molar-refractivity contribution in [2.75, 3.05) is 17.7 Å². The Kier molecular flexibility index (Phi) is 5.48. The zero-order chi connectivity index (χ0) is 22.1. The Labute approximate surface area is 179 Å². The van der Waals surface area contributed by atoms with Gasteiger partial charge in [0.25, 0.3) is 5.91 Å². The number of rotatable bonds is 4.